The molecule has 2 heteroatoms. The first-order valence-electron chi connectivity index (χ1n) is 3.52. The van der Waals surface area contributed by atoms with Crippen molar-refractivity contribution in [3.8, 4) is 0 Å². The molecule has 0 atom stereocenters. The van der Waals surface area contributed by atoms with Gasteiger partial charge in [0.1, 0.15) is 0 Å². The van der Waals surface area contributed by atoms with Crippen LogP contribution < -0.4 is 0 Å². The average molecular weight is 145 g/mol. The van der Waals surface area contributed by atoms with Crippen LogP contribution in [0.3, 0.4) is 0 Å². The highest BCUT2D eigenvalue weighted by Crippen LogP contribution is 2.16. The molecule has 0 unspecified atom stereocenters. The van der Waals surface area contributed by atoms with Crippen LogP contribution in [0.25, 0.3) is 6.08 Å². The molecule has 0 saturated heterocycles. The van der Waals surface area contributed by atoms with Gasteiger partial charge in [-0.05, 0) is 6.07 Å². The number of carbonyl (C=O) groups excluding carboxylic acids is 1. The lowest BCUT2D eigenvalue weighted by Gasteiger charge is -2.06. The number of hydrogen-bond acceptors (Lipinski definition) is 2. The van der Waals surface area contributed by atoms with Crippen molar-refractivity contribution in [1.29, 1.82) is 0 Å². The van der Waals surface area contributed by atoms with E-state index < -0.39 is 0 Å². The zero-order valence-corrected chi connectivity index (χ0v) is 5.95. The molecule has 1 aliphatic carbocycles. The molecule has 0 radical (unpaired) electrons. The van der Waals surface area contributed by atoms with Gasteiger partial charge in [0.05, 0.1) is 0 Å². The van der Waals surface area contributed by atoms with Crippen LogP contribution >= 0.6 is 0 Å². The van der Waals surface area contributed by atoms with Crippen molar-refractivity contribution in [3.05, 3.63) is 35.7 Å². The normalized spacial score (nSPS) is 14.7. The largest absolute Gasteiger partial charge is 0.294 e. The van der Waals surface area contributed by atoms with Crippen molar-refractivity contribution in [2.24, 2.45) is 0 Å². The van der Waals surface area contributed by atoms with E-state index in [0.29, 0.717) is 6.42 Å². The molecule has 54 valence electrons. The Morgan fingerprint density at radius 1 is 1.45 bits per heavy atom. The van der Waals surface area contributed by atoms with Crippen LogP contribution in [-0.4, -0.2) is 10.8 Å². The minimum atomic E-state index is 0.185. The molecule has 0 aliphatic heterocycles. The van der Waals surface area contributed by atoms with Gasteiger partial charge in [-0.15, -0.1) is 0 Å². The van der Waals surface area contributed by atoms with Crippen molar-refractivity contribution in [1.82, 2.24) is 4.98 Å². The van der Waals surface area contributed by atoms with E-state index in [9.17, 15) is 4.79 Å². The predicted octanol–water partition coefficient (Wildman–Crippen LogP) is 1.68. The quantitative estimate of drug-likeness (QED) is 0.556. The molecule has 0 fully saturated rings. The Bertz CT molecular complexity index is 328. The van der Waals surface area contributed by atoms with Gasteiger partial charge >= 0.3 is 0 Å². The summed E-state index contributed by atoms with van der Waals surface area (Å²) in [7, 11) is 0. The number of aromatic nitrogens is 1. The third-order valence-corrected chi connectivity index (χ3v) is 1.75. The average Bonchev–Trinajstić information content (AvgIpc) is 2.06. The van der Waals surface area contributed by atoms with Gasteiger partial charge in [0, 0.05) is 29.9 Å². The number of pyridine rings is 1. The Morgan fingerprint density at radius 3 is 3.18 bits per heavy atom. The number of hydrogen-bond donors (Lipinski definition) is 0. The zero-order chi connectivity index (χ0) is 7.68. The SMILES string of the molecule is O=C1CC=Cc2cnccc21. The van der Waals surface area contributed by atoms with E-state index in [1.54, 1.807) is 18.5 Å². The number of Topliss-reactive ketones (excluding diaryl/α,β-unsaturated/α-hetero) is 1. The number of fused-ring (bicyclic) bond motifs is 1. The van der Waals surface area contributed by atoms with Crippen LogP contribution in [0.4, 0.5) is 0 Å². The molecule has 0 saturated carbocycles. The smallest absolute Gasteiger partial charge is 0.167 e. The molecule has 1 aromatic heterocycles. The van der Waals surface area contributed by atoms with Gasteiger partial charge in [0.15, 0.2) is 5.78 Å². The van der Waals surface area contributed by atoms with Gasteiger partial charge in [-0.2, -0.15) is 0 Å². The number of nitrogens with zero attached hydrogens (tertiary/aromatic N) is 1. The van der Waals surface area contributed by atoms with E-state index in [-0.39, 0.29) is 5.78 Å². The molecular formula is C9H7NO. The van der Waals surface area contributed by atoms with Crippen molar-refractivity contribution >= 4 is 11.9 Å². The summed E-state index contributed by atoms with van der Waals surface area (Å²) in [6.45, 7) is 0. The van der Waals surface area contributed by atoms with Gasteiger partial charge in [0.2, 0.25) is 0 Å². The number of allylic oxidation sites excluding steroid dienone is 1. The monoisotopic (exact) mass is 145 g/mol. The Balaban J connectivity index is 2.63. The second-order valence-corrected chi connectivity index (χ2v) is 2.49. The van der Waals surface area contributed by atoms with Gasteiger partial charge in [0.25, 0.3) is 0 Å². The maximum atomic E-state index is 11.2. The molecular weight excluding hydrogens is 138 g/mol. The number of rotatable bonds is 0. The standard InChI is InChI=1S/C9H7NO/c11-9-3-1-2-7-6-10-5-4-8(7)9/h1-2,4-6H,3H2. The molecule has 0 spiro atoms. The maximum absolute atomic E-state index is 11.2. The lowest BCUT2D eigenvalue weighted by molar-refractivity contribution is 0.0994. The second kappa shape index (κ2) is 2.31. The van der Waals surface area contributed by atoms with Crippen LogP contribution in [-0.2, 0) is 0 Å². The summed E-state index contributed by atoms with van der Waals surface area (Å²) in [5.41, 5.74) is 1.73. The molecule has 1 heterocycles. The zero-order valence-electron chi connectivity index (χ0n) is 5.95. The van der Waals surface area contributed by atoms with Crippen molar-refractivity contribution < 1.29 is 4.79 Å². The van der Waals surface area contributed by atoms with E-state index in [4.69, 9.17) is 0 Å². The highest BCUT2D eigenvalue weighted by Gasteiger charge is 2.11. The lowest BCUT2D eigenvalue weighted by atomic mass is 9.99. The number of ketones is 1. The fraction of sp³-hybridized carbons (Fsp3) is 0.111. The van der Waals surface area contributed by atoms with Crippen LogP contribution in [0.5, 0.6) is 0 Å². The van der Waals surface area contributed by atoms with Crippen LogP contribution in [0.2, 0.25) is 0 Å². The van der Waals surface area contributed by atoms with Crippen LogP contribution in [0.15, 0.2) is 24.5 Å². The van der Waals surface area contributed by atoms with Crippen LogP contribution in [0, 0.1) is 0 Å². The van der Waals surface area contributed by atoms with Crippen molar-refractivity contribution in [2.45, 2.75) is 6.42 Å². The Hall–Kier alpha value is -1.44. The fourth-order valence-electron chi connectivity index (χ4n) is 1.20. The van der Waals surface area contributed by atoms with Crippen molar-refractivity contribution in [2.75, 3.05) is 0 Å². The summed E-state index contributed by atoms with van der Waals surface area (Å²) in [6, 6.07) is 1.77. The Kier molecular flexibility index (Phi) is 1.32. The van der Waals surface area contributed by atoms with E-state index >= 15 is 0 Å². The van der Waals surface area contributed by atoms with Gasteiger partial charge in [-0.25, -0.2) is 0 Å². The molecule has 1 aromatic rings. The van der Waals surface area contributed by atoms with Gasteiger partial charge < -0.3 is 0 Å². The van der Waals surface area contributed by atoms with E-state index in [1.807, 2.05) is 12.2 Å². The Labute approximate surface area is 64.6 Å². The molecule has 11 heavy (non-hydrogen) atoms. The first-order chi connectivity index (χ1) is 5.38. The third kappa shape index (κ3) is 0.963. The maximum Gasteiger partial charge on any atom is 0.167 e. The minimum absolute atomic E-state index is 0.185. The summed E-state index contributed by atoms with van der Waals surface area (Å²) in [4.78, 5) is 15.1. The molecule has 2 nitrogen and oxygen atoms in total. The predicted molar refractivity (Wildman–Crippen MR) is 42.2 cm³/mol. The number of carbonyl (C=O) groups is 1. The summed E-state index contributed by atoms with van der Waals surface area (Å²) >= 11 is 0. The summed E-state index contributed by atoms with van der Waals surface area (Å²) in [5.74, 6) is 0.185. The molecule has 0 aromatic carbocycles. The van der Waals surface area contributed by atoms with Crippen LogP contribution in [0.1, 0.15) is 22.3 Å². The van der Waals surface area contributed by atoms with E-state index in [1.165, 1.54) is 0 Å². The highest BCUT2D eigenvalue weighted by atomic mass is 16.1. The third-order valence-electron chi connectivity index (χ3n) is 1.75. The van der Waals surface area contributed by atoms with E-state index in [0.717, 1.165) is 11.1 Å². The first kappa shape index (κ1) is 6.28. The first-order valence-corrected chi connectivity index (χ1v) is 3.52. The minimum Gasteiger partial charge on any atom is -0.294 e. The Morgan fingerprint density at radius 2 is 2.36 bits per heavy atom. The topological polar surface area (TPSA) is 30.0 Å². The molecule has 0 bridgehead atoms. The molecule has 2 rings (SSSR count). The van der Waals surface area contributed by atoms with Gasteiger partial charge in [-0.1, -0.05) is 12.2 Å². The highest BCUT2D eigenvalue weighted by molar-refractivity contribution is 6.02. The molecule has 0 N–H and O–H groups in total. The summed E-state index contributed by atoms with van der Waals surface area (Å²) in [6.07, 6.45) is 7.69. The lowest BCUT2D eigenvalue weighted by Crippen LogP contribution is -2.03. The second-order valence-electron chi connectivity index (χ2n) is 2.49. The van der Waals surface area contributed by atoms with Gasteiger partial charge in [-0.3, -0.25) is 9.78 Å². The molecule has 0 amide bonds. The summed E-state index contributed by atoms with van der Waals surface area (Å²) in [5, 5.41) is 0. The van der Waals surface area contributed by atoms with Crippen molar-refractivity contribution in [3.63, 3.8) is 0 Å². The van der Waals surface area contributed by atoms with E-state index in [2.05, 4.69) is 4.98 Å². The molecule has 1 aliphatic rings. The fourth-order valence-corrected chi connectivity index (χ4v) is 1.20. The summed E-state index contributed by atoms with van der Waals surface area (Å²) < 4.78 is 0.